The van der Waals surface area contributed by atoms with Crippen molar-refractivity contribution in [2.24, 2.45) is 0 Å². The summed E-state index contributed by atoms with van der Waals surface area (Å²) in [5, 5.41) is 7.83. The summed E-state index contributed by atoms with van der Waals surface area (Å²) in [5.41, 5.74) is -3.93. The summed E-state index contributed by atoms with van der Waals surface area (Å²) in [4.78, 5) is 35.7. The highest BCUT2D eigenvalue weighted by molar-refractivity contribution is 7.71. The first kappa shape index (κ1) is 29.0. The van der Waals surface area contributed by atoms with Crippen LogP contribution in [0.1, 0.15) is 28.4 Å². The van der Waals surface area contributed by atoms with Crippen molar-refractivity contribution in [3.05, 3.63) is 68.6 Å². The van der Waals surface area contributed by atoms with Crippen LogP contribution in [0.4, 0.5) is 38.0 Å². The first-order chi connectivity index (χ1) is 18.7. The van der Waals surface area contributed by atoms with E-state index in [0.29, 0.717) is 30.1 Å². The lowest BCUT2D eigenvalue weighted by atomic mass is 10.2. The third-order valence-electron chi connectivity index (χ3n) is 6.06. The van der Waals surface area contributed by atoms with Crippen molar-refractivity contribution in [2.45, 2.75) is 31.9 Å². The SMILES string of the molecule is C[C@@H](Cn1cc(C(=O)N2CCN(c3ncc(C(F)(F)F)cn3)CC2)ccc1=S)Nc1cn[nH]c(=O)c1C(F)(F)F. The zero-order valence-corrected chi connectivity index (χ0v) is 21.6. The van der Waals surface area contributed by atoms with Crippen LogP contribution in [0.15, 0.2) is 41.7 Å². The number of aromatic nitrogens is 5. The Bertz CT molecular complexity index is 1480. The summed E-state index contributed by atoms with van der Waals surface area (Å²) in [6.07, 6.45) is -5.66. The highest BCUT2D eigenvalue weighted by Crippen LogP contribution is 2.32. The Kier molecular flexibility index (Phi) is 8.13. The lowest BCUT2D eigenvalue weighted by Gasteiger charge is -2.34. The Morgan fingerprint density at radius 3 is 2.30 bits per heavy atom. The molecule has 0 saturated carbocycles. The van der Waals surface area contributed by atoms with Crippen molar-refractivity contribution in [3.63, 3.8) is 0 Å². The molecule has 0 radical (unpaired) electrons. The van der Waals surface area contributed by atoms with Crippen LogP contribution in [0, 0.1) is 4.64 Å². The largest absolute Gasteiger partial charge is 0.423 e. The molecule has 4 rings (SSSR count). The minimum Gasteiger partial charge on any atom is -0.379 e. The Labute approximate surface area is 227 Å². The fraction of sp³-hybridized carbons (Fsp3) is 0.391. The topological polar surface area (TPSA) is 112 Å². The molecule has 1 fully saturated rings. The summed E-state index contributed by atoms with van der Waals surface area (Å²) in [6.45, 7) is 2.76. The van der Waals surface area contributed by atoms with E-state index in [1.165, 1.54) is 22.9 Å². The van der Waals surface area contributed by atoms with Crippen LogP contribution < -0.4 is 15.8 Å². The summed E-state index contributed by atoms with van der Waals surface area (Å²) in [7, 11) is 0. The molecule has 0 spiro atoms. The molecule has 4 heterocycles. The fourth-order valence-corrected chi connectivity index (χ4v) is 4.31. The molecule has 3 aromatic rings. The van der Waals surface area contributed by atoms with Crippen molar-refractivity contribution in [1.29, 1.82) is 0 Å². The maximum atomic E-state index is 13.3. The van der Waals surface area contributed by atoms with Gasteiger partial charge in [-0.2, -0.15) is 31.4 Å². The molecule has 1 aliphatic heterocycles. The number of hydrogen-bond donors (Lipinski definition) is 2. The van der Waals surface area contributed by atoms with Crippen LogP contribution in [0.2, 0.25) is 0 Å². The number of hydrogen-bond acceptors (Lipinski definition) is 8. The molecule has 0 aliphatic carbocycles. The molecule has 17 heteroatoms. The number of rotatable bonds is 6. The van der Waals surface area contributed by atoms with Crippen molar-refractivity contribution >= 4 is 29.8 Å². The molecule has 3 aromatic heterocycles. The number of alkyl halides is 6. The zero-order valence-electron chi connectivity index (χ0n) is 20.8. The maximum absolute atomic E-state index is 13.3. The van der Waals surface area contributed by atoms with Gasteiger partial charge in [-0.05, 0) is 19.1 Å². The van der Waals surface area contributed by atoms with E-state index in [-0.39, 0.29) is 37.1 Å². The summed E-state index contributed by atoms with van der Waals surface area (Å²) >= 11 is 5.32. The van der Waals surface area contributed by atoms with Crippen LogP contribution >= 0.6 is 12.2 Å². The van der Waals surface area contributed by atoms with Gasteiger partial charge in [0.05, 0.1) is 23.0 Å². The number of piperazine rings is 1. The molecule has 0 aromatic carbocycles. The average molecular weight is 589 g/mol. The second kappa shape index (κ2) is 11.2. The second-order valence-corrected chi connectivity index (χ2v) is 9.41. The Morgan fingerprint density at radius 2 is 1.70 bits per heavy atom. The standard InChI is InChI=1S/C23H22F6N8O2S/c1-13(33-16-10-32-34-19(38)18(16)23(27,28)29)11-37-12-14(2-3-17(37)40)20(39)35-4-6-36(7-5-35)21-30-8-15(9-31-21)22(24,25)26/h2-3,8-10,12-13H,4-7,11H2,1H3,(H2,33,34,38)/t13-/m0/s1. The van der Waals surface area contributed by atoms with Gasteiger partial charge < -0.3 is 19.7 Å². The summed E-state index contributed by atoms with van der Waals surface area (Å²) in [6, 6.07) is 2.42. The summed E-state index contributed by atoms with van der Waals surface area (Å²) in [5.74, 6) is -0.199. The van der Waals surface area contributed by atoms with Crippen molar-refractivity contribution < 1.29 is 31.1 Å². The molecule has 0 unspecified atom stereocenters. The van der Waals surface area contributed by atoms with E-state index in [0.717, 1.165) is 6.20 Å². The predicted octanol–water partition coefficient (Wildman–Crippen LogP) is 3.59. The number of carbonyl (C=O) groups is 1. The van der Waals surface area contributed by atoms with Crippen LogP contribution in [0.3, 0.4) is 0 Å². The molecule has 10 nitrogen and oxygen atoms in total. The molecular weight excluding hydrogens is 566 g/mol. The van der Waals surface area contributed by atoms with Gasteiger partial charge in [0.15, 0.2) is 0 Å². The number of halogens is 6. The number of H-pyrrole nitrogens is 1. The Balaban J connectivity index is 1.41. The molecule has 2 N–H and O–H groups in total. The van der Waals surface area contributed by atoms with Crippen molar-refractivity contribution in [3.8, 4) is 0 Å². The summed E-state index contributed by atoms with van der Waals surface area (Å²) < 4.78 is 80.2. The minimum absolute atomic E-state index is 0.0725. The van der Waals surface area contributed by atoms with Crippen LogP contribution in [-0.4, -0.2) is 67.8 Å². The van der Waals surface area contributed by atoms with Gasteiger partial charge in [-0.15, -0.1) is 0 Å². The molecule has 0 bridgehead atoms. The number of amides is 1. The normalized spacial score (nSPS) is 15.2. The molecule has 1 amide bonds. The number of carbonyl (C=O) groups excluding carboxylic acids is 1. The highest BCUT2D eigenvalue weighted by Gasteiger charge is 2.37. The van der Waals surface area contributed by atoms with E-state index in [2.05, 4.69) is 20.4 Å². The number of nitrogens with one attached hydrogen (secondary N) is 2. The number of nitrogens with zero attached hydrogens (tertiary/aromatic N) is 6. The predicted molar refractivity (Wildman–Crippen MR) is 133 cm³/mol. The van der Waals surface area contributed by atoms with E-state index in [9.17, 15) is 35.9 Å². The fourth-order valence-electron chi connectivity index (χ4n) is 4.12. The number of anilines is 2. The second-order valence-electron chi connectivity index (χ2n) is 8.99. The smallest absolute Gasteiger partial charge is 0.379 e. The lowest BCUT2D eigenvalue weighted by Crippen LogP contribution is -2.49. The molecule has 40 heavy (non-hydrogen) atoms. The van der Waals surface area contributed by atoms with E-state index in [4.69, 9.17) is 12.2 Å². The first-order valence-corrected chi connectivity index (χ1v) is 12.2. The quantitative estimate of drug-likeness (QED) is 0.332. The third kappa shape index (κ3) is 6.57. The van der Waals surface area contributed by atoms with Gasteiger partial charge in [0.1, 0.15) is 10.2 Å². The Morgan fingerprint density at radius 1 is 1.05 bits per heavy atom. The maximum Gasteiger partial charge on any atom is 0.423 e. The van der Waals surface area contributed by atoms with Gasteiger partial charge in [0.25, 0.3) is 11.5 Å². The molecule has 214 valence electrons. The average Bonchev–Trinajstić information content (AvgIpc) is 2.88. The van der Waals surface area contributed by atoms with E-state index in [1.807, 2.05) is 0 Å². The van der Waals surface area contributed by atoms with Crippen LogP contribution in [-0.2, 0) is 18.9 Å². The van der Waals surface area contributed by atoms with Gasteiger partial charge in [-0.3, -0.25) is 9.59 Å². The lowest BCUT2D eigenvalue weighted by molar-refractivity contribution is -0.139. The number of aromatic amines is 1. The van der Waals surface area contributed by atoms with Crippen LogP contribution in [0.25, 0.3) is 0 Å². The molecular formula is C23H22F6N8O2S. The molecule has 1 aliphatic rings. The Hall–Kier alpha value is -4.02. The van der Waals surface area contributed by atoms with E-state index >= 15 is 0 Å². The monoisotopic (exact) mass is 588 g/mol. The minimum atomic E-state index is -4.90. The van der Waals surface area contributed by atoms with E-state index < -0.39 is 40.8 Å². The van der Waals surface area contributed by atoms with Gasteiger partial charge in [-0.1, -0.05) is 12.2 Å². The van der Waals surface area contributed by atoms with E-state index in [1.54, 1.807) is 21.8 Å². The van der Waals surface area contributed by atoms with Crippen LogP contribution in [0.5, 0.6) is 0 Å². The van der Waals surface area contributed by atoms with Gasteiger partial charge >= 0.3 is 12.4 Å². The zero-order chi connectivity index (χ0) is 29.2. The number of pyridine rings is 1. The molecule has 1 atom stereocenters. The van der Waals surface area contributed by atoms with Crippen molar-refractivity contribution in [1.82, 2.24) is 29.6 Å². The first-order valence-electron chi connectivity index (χ1n) is 11.8. The van der Waals surface area contributed by atoms with Crippen molar-refractivity contribution in [2.75, 3.05) is 36.4 Å². The van der Waals surface area contributed by atoms with Gasteiger partial charge in [-0.25, -0.2) is 15.1 Å². The molecule has 1 saturated heterocycles. The highest BCUT2D eigenvalue weighted by atomic mass is 32.1. The van der Waals surface area contributed by atoms with Gasteiger partial charge in [0, 0.05) is 57.4 Å². The third-order valence-corrected chi connectivity index (χ3v) is 6.43. The van der Waals surface area contributed by atoms with Gasteiger partial charge in [0.2, 0.25) is 5.95 Å².